The van der Waals surface area contributed by atoms with Crippen molar-refractivity contribution in [3.8, 4) is 5.75 Å². The van der Waals surface area contributed by atoms with Crippen molar-refractivity contribution in [3.63, 3.8) is 0 Å². The normalized spacial score (nSPS) is 15.1. The number of carbonyl (C=O) groups is 1. The van der Waals surface area contributed by atoms with E-state index >= 15 is 0 Å². The van der Waals surface area contributed by atoms with Crippen LogP contribution in [0.3, 0.4) is 0 Å². The molecule has 23 heavy (non-hydrogen) atoms. The van der Waals surface area contributed by atoms with E-state index in [0.717, 1.165) is 22.9 Å². The highest BCUT2D eigenvalue weighted by atomic mass is 79.9. The Hall–Kier alpha value is -1.52. The van der Waals surface area contributed by atoms with Gasteiger partial charge in [0.1, 0.15) is 5.75 Å². The standard InChI is InChI=1S/C18H17BrClNO2/c1-23-14-8-9-16(19)15(10-14)18(22)21-17(11-2-3-11)12-4-6-13(20)7-5-12/h4-11,17H,2-3H2,1H3,(H,21,22)/t17-/m0/s1. The molecule has 120 valence electrons. The van der Waals surface area contributed by atoms with Crippen molar-refractivity contribution in [1.82, 2.24) is 5.32 Å². The third-order valence-electron chi connectivity index (χ3n) is 4.03. The largest absolute Gasteiger partial charge is 0.497 e. The number of hydrogen-bond donors (Lipinski definition) is 1. The minimum atomic E-state index is -0.109. The summed E-state index contributed by atoms with van der Waals surface area (Å²) in [6.45, 7) is 0. The molecule has 0 bridgehead atoms. The van der Waals surface area contributed by atoms with Gasteiger partial charge in [0, 0.05) is 9.50 Å². The summed E-state index contributed by atoms with van der Waals surface area (Å²) in [5, 5.41) is 3.85. The third kappa shape index (κ3) is 3.88. The highest BCUT2D eigenvalue weighted by Crippen LogP contribution is 2.41. The van der Waals surface area contributed by atoms with Gasteiger partial charge in [-0.25, -0.2) is 0 Å². The quantitative estimate of drug-likeness (QED) is 0.775. The summed E-state index contributed by atoms with van der Waals surface area (Å²) in [4.78, 5) is 12.7. The number of benzene rings is 2. The molecule has 1 aliphatic carbocycles. The van der Waals surface area contributed by atoms with Gasteiger partial charge in [-0.1, -0.05) is 23.7 Å². The van der Waals surface area contributed by atoms with Crippen LogP contribution in [0.25, 0.3) is 0 Å². The second-order valence-corrected chi connectivity index (χ2v) is 6.98. The summed E-state index contributed by atoms with van der Waals surface area (Å²) in [6.07, 6.45) is 2.26. The molecule has 3 rings (SSSR count). The van der Waals surface area contributed by atoms with E-state index in [0.29, 0.717) is 22.3 Å². The second-order valence-electron chi connectivity index (χ2n) is 5.69. The van der Waals surface area contributed by atoms with Crippen molar-refractivity contribution in [2.45, 2.75) is 18.9 Å². The molecule has 5 heteroatoms. The Bertz CT molecular complexity index is 713. The zero-order valence-electron chi connectivity index (χ0n) is 12.7. The fourth-order valence-corrected chi connectivity index (χ4v) is 3.15. The molecule has 1 amide bonds. The predicted octanol–water partition coefficient (Wildman–Crippen LogP) is 4.99. The van der Waals surface area contributed by atoms with Crippen molar-refractivity contribution in [3.05, 3.63) is 63.1 Å². The molecule has 0 unspecified atom stereocenters. The molecular formula is C18H17BrClNO2. The molecule has 0 saturated heterocycles. The lowest BCUT2D eigenvalue weighted by Gasteiger charge is -2.19. The lowest BCUT2D eigenvalue weighted by Crippen LogP contribution is -2.30. The number of halogens is 2. The van der Waals surface area contributed by atoms with Crippen LogP contribution in [-0.2, 0) is 0 Å². The van der Waals surface area contributed by atoms with Gasteiger partial charge in [0.15, 0.2) is 0 Å². The monoisotopic (exact) mass is 393 g/mol. The lowest BCUT2D eigenvalue weighted by atomic mass is 10.0. The van der Waals surface area contributed by atoms with Gasteiger partial charge < -0.3 is 10.1 Å². The number of carbonyl (C=O) groups excluding carboxylic acids is 1. The van der Waals surface area contributed by atoms with Crippen LogP contribution in [0.2, 0.25) is 5.02 Å². The summed E-state index contributed by atoms with van der Waals surface area (Å²) < 4.78 is 5.96. The van der Waals surface area contributed by atoms with Gasteiger partial charge in [0.2, 0.25) is 0 Å². The van der Waals surface area contributed by atoms with E-state index in [9.17, 15) is 4.79 Å². The van der Waals surface area contributed by atoms with Crippen LogP contribution in [0.1, 0.15) is 34.8 Å². The SMILES string of the molecule is COc1ccc(Br)c(C(=O)N[C@H](c2ccc(Cl)cc2)C2CC2)c1. The minimum absolute atomic E-state index is 0.0119. The fourth-order valence-electron chi connectivity index (χ4n) is 2.60. The molecule has 0 spiro atoms. The van der Waals surface area contributed by atoms with Crippen molar-refractivity contribution in [1.29, 1.82) is 0 Å². The van der Waals surface area contributed by atoms with Crippen LogP contribution < -0.4 is 10.1 Å². The van der Waals surface area contributed by atoms with Gasteiger partial charge >= 0.3 is 0 Å². The zero-order valence-corrected chi connectivity index (χ0v) is 15.0. The van der Waals surface area contributed by atoms with Crippen molar-refractivity contribution >= 4 is 33.4 Å². The maximum atomic E-state index is 12.7. The Kier molecular flexibility index (Phi) is 4.93. The summed E-state index contributed by atoms with van der Waals surface area (Å²) in [5.41, 5.74) is 1.66. The number of rotatable bonds is 5. The van der Waals surface area contributed by atoms with Crippen LogP contribution in [-0.4, -0.2) is 13.0 Å². The van der Waals surface area contributed by atoms with E-state index < -0.39 is 0 Å². The second kappa shape index (κ2) is 6.93. The van der Waals surface area contributed by atoms with Crippen molar-refractivity contribution < 1.29 is 9.53 Å². The molecule has 0 aliphatic heterocycles. The van der Waals surface area contributed by atoms with Crippen LogP contribution in [0.5, 0.6) is 5.75 Å². The molecule has 1 fully saturated rings. The molecule has 1 N–H and O–H groups in total. The topological polar surface area (TPSA) is 38.3 Å². The number of methoxy groups -OCH3 is 1. The summed E-state index contributed by atoms with van der Waals surface area (Å²) >= 11 is 9.39. The number of nitrogens with one attached hydrogen (secondary N) is 1. The highest BCUT2D eigenvalue weighted by Gasteiger charge is 2.33. The summed E-state index contributed by atoms with van der Waals surface area (Å²) in [6, 6.07) is 13.1. The van der Waals surface area contributed by atoms with Gasteiger partial charge in [-0.2, -0.15) is 0 Å². The van der Waals surface area contributed by atoms with Crippen molar-refractivity contribution in [2.24, 2.45) is 5.92 Å². The fraction of sp³-hybridized carbons (Fsp3) is 0.278. The Labute approximate surface area is 149 Å². The molecule has 1 aliphatic rings. The van der Waals surface area contributed by atoms with E-state index in [-0.39, 0.29) is 11.9 Å². The maximum absolute atomic E-state index is 12.7. The molecule has 3 nitrogen and oxygen atoms in total. The first-order chi connectivity index (χ1) is 11.1. The minimum Gasteiger partial charge on any atom is -0.497 e. The Morgan fingerprint density at radius 3 is 2.57 bits per heavy atom. The van der Waals surface area contributed by atoms with E-state index in [1.54, 1.807) is 13.2 Å². The zero-order chi connectivity index (χ0) is 16.4. The smallest absolute Gasteiger partial charge is 0.253 e. The van der Waals surface area contributed by atoms with Gasteiger partial charge in [-0.3, -0.25) is 4.79 Å². The Morgan fingerprint density at radius 2 is 1.96 bits per heavy atom. The lowest BCUT2D eigenvalue weighted by molar-refractivity contribution is 0.0930. The first-order valence-electron chi connectivity index (χ1n) is 7.48. The first kappa shape index (κ1) is 16.3. The van der Waals surface area contributed by atoms with Gasteiger partial charge in [0.25, 0.3) is 5.91 Å². The van der Waals surface area contributed by atoms with Crippen LogP contribution in [0, 0.1) is 5.92 Å². The molecule has 1 atom stereocenters. The summed E-state index contributed by atoms with van der Waals surface area (Å²) in [7, 11) is 1.59. The average molecular weight is 395 g/mol. The molecule has 2 aromatic rings. The first-order valence-corrected chi connectivity index (χ1v) is 8.65. The van der Waals surface area contributed by atoms with Crippen LogP contribution >= 0.6 is 27.5 Å². The number of hydrogen-bond acceptors (Lipinski definition) is 2. The van der Waals surface area contributed by atoms with Gasteiger partial charge in [-0.05, 0) is 70.6 Å². The Morgan fingerprint density at radius 1 is 1.26 bits per heavy atom. The third-order valence-corrected chi connectivity index (χ3v) is 4.97. The Balaban J connectivity index is 1.83. The van der Waals surface area contributed by atoms with Crippen LogP contribution in [0.4, 0.5) is 0 Å². The van der Waals surface area contributed by atoms with Crippen LogP contribution in [0.15, 0.2) is 46.9 Å². The van der Waals surface area contributed by atoms with Gasteiger partial charge in [-0.15, -0.1) is 0 Å². The van der Waals surface area contributed by atoms with Crippen molar-refractivity contribution in [2.75, 3.05) is 7.11 Å². The summed E-state index contributed by atoms with van der Waals surface area (Å²) in [5.74, 6) is 1.04. The van der Waals surface area contributed by atoms with E-state index in [1.165, 1.54) is 0 Å². The molecule has 0 heterocycles. The highest BCUT2D eigenvalue weighted by molar-refractivity contribution is 9.10. The maximum Gasteiger partial charge on any atom is 0.253 e. The molecule has 0 radical (unpaired) electrons. The van der Waals surface area contributed by atoms with Gasteiger partial charge in [0.05, 0.1) is 18.7 Å². The molecule has 2 aromatic carbocycles. The van der Waals surface area contributed by atoms with E-state index in [4.69, 9.17) is 16.3 Å². The van der Waals surface area contributed by atoms with E-state index in [1.807, 2.05) is 36.4 Å². The number of amides is 1. The molecular weight excluding hydrogens is 378 g/mol. The number of ether oxygens (including phenoxy) is 1. The average Bonchev–Trinajstić information content (AvgIpc) is 3.38. The molecule has 0 aromatic heterocycles. The predicted molar refractivity (Wildman–Crippen MR) is 95.1 cm³/mol. The van der Waals surface area contributed by atoms with E-state index in [2.05, 4.69) is 21.2 Å². The molecule has 1 saturated carbocycles.